The van der Waals surface area contributed by atoms with Gasteiger partial charge in [-0.15, -0.1) is 0 Å². The third-order valence-corrected chi connectivity index (χ3v) is 4.86. The SMILES string of the molecule is CC(C)[C@H](NCC(=O)Nc1ccccc1C(=O)Nc1ccccc1)c1ccc(F)cc1. The van der Waals surface area contributed by atoms with E-state index in [1.807, 2.05) is 32.0 Å². The number of para-hydroxylation sites is 2. The lowest BCUT2D eigenvalue weighted by molar-refractivity contribution is -0.115. The number of benzene rings is 3. The molecule has 2 amide bonds. The van der Waals surface area contributed by atoms with Crippen molar-refractivity contribution in [1.82, 2.24) is 5.32 Å². The van der Waals surface area contributed by atoms with Gasteiger partial charge in [-0.05, 0) is 47.9 Å². The molecular formula is C25H26FN3O2. The van der Waals surface area contributed by atoms with E-state index in [0.29, 0.717) is 16.9 Å². The molecule has 3 rings (SSSR count). The number of rotatable bonds is 8. The zero-order valence-corrected chi connectivity index (χ0v) is 17.6. The minimum Gasteiger partial charge on any atom is -0.324 e. The lowest BCUT2D eigenvalue weighted by atomic mass is 9.96. The van der Waals surface area contributed by atoms with E-state index in [1.165, 1.54) is 12.1 Å². The smallest absolute Gasteiger partial charge is 0.257 e. The third-order valence-electron chi connectivity index (χ3n) is 4.86. The van der Waals surface area contributed by atoms with Gasteiger partial charge in [0.25, 0.3) is 5.91 Å². The molecule has 6 heteroatoms. The van der Waals surface area contributed by atoms with Gasteiger partial charge in [-0.25, -0.2) is 4.39 Å². The Kier molecular flexibility index (Phi) is 7.51. The van der Waals surface area contributed by atoms with Crippen LogP contribution in [0.4, 0.5) is 15.8 Å². The molecule has 0 aliphatic carbocycles. The Hall–Kier alpha value is -3.51. The van der Waals surface area contributed by atoms with E-state index in [-0.39, 0.29) is 36.1 Å². The maximum atomic E-state index is 13.2. The number of hydrogen-bond acceptors (Lipinski definition) is 3. The summed E-state index contributed by atoms with van der Waals surface area (Å²) in [5, 5.41) is 8.86. The summed E-state index contributed by atoms with van der Waals surface area (Å²) in [6.45, 7) is 4.11. The van der Waals surface area contributed by atoms with Gasteiger partial charge in [0.2, 0.25) is 5.91 Å². The number of nitrogens with one attached hydrogen (secondary N) is 3. The van der Waals surface area contributed by atoms with Crippen molar-refractivity contribution in [3.8, 4) is 0 Å². The fraction of sp³-hybridized carbons (Fsp3) is 0.200. The van der Waals surface area contributed by atoms with Crippen molar-refractivity contribution in [2.24, 2.45) is 5.92 Å². The largest absolute Gasteiger partial charge is 0.324 e. The predicted molar refractivity (Wildman–Crippen MR) is 121 cm³/mol. The molecule has 3 aromatic carbocycles. The highest BCUT2D eigenvalue weighted by molar-refractivity contribution is 6.10. The van der Waals surface area contributed by atoms with E-state index < -0.39 is 0 Å². The minimum atomic E-state index is -0.304. The van der Waals surface area contributed by atoms with Crippen LogP contribution in [-0.4, -0.2) is 18.4 Å². The Labute approximate surface area is 181 Å². The topological polar surface area (TPSA) is 70.2 Å². The van der Waals surface area contributed by atoms with E-state index in [2.05, 4.69) is 16.0 Å². The Balaban J connectivity index is 1.65. The van der Waals surface area contributed by atoms with Crippen molar-refractivity contribution in [1.29, 1.82) is 0 Å². The molecule has 0 radical (unpaired) electrons. The first kappa shape index (κ1) is 22.2. The molecule has 0 bridgehead atoms. The quantitative estimate of drug-likeness (QED) is 0.481. The normalized spacial score (nSPS) is 11.7. The number of hydrogen-bond donors (Lipinski definition) is 3. The number of carbonyl (C=O) groups excluding carboxylic acids is 2. The van der Waals surface area contributed by atoms with Gasteiger partial charge in [0, 0.05) is 11.7 Å². The highest BCUT2D eigenvalue weighted by atomic mass is 19.1. The van der Waals surface area contributed by atoms with Crippen LogP contribution in [0, 0.1) is 11.7 Å². The molecule has 3 N–H and O–H groups in total. The first-order valence-electron chi connectivity index (χ1n) is 10.2. The number of carbonyl (C=O) groups is 2. The second-order valence-corrected chi connectivity index (χ2v) is 7.57. The average Bonchev–Trinajstić information content (AvgIpc) is 2.76. The van der Waals surface area contributed by atoms with Crippen LogP contribution in [0.3, 0.4) is 0 Å². The first-order chi connectivity index (χ1) is 14.9. The molecular weight excluding hydrogens is 393 g/mol. The summed E-state index contributed by atoms with van der Waals surface area (Å²) in [7, 11) is 0. The molecule has 0 heterocycles. The molecule has 3 aromatic rings. The highest BCUT2D eigenvalue weighted by Gasteiger charge is 2.18. The van der Waals surface area contributed by atoms with E-state index >= 15 is 0 Å². The van der Waals surface area contributed by atoms with Gasteiger partial charge >= 0.3 is 0 Å². The van der Waals surface area contributed by atoms with Gasteiger partial charge < -0.3 is 16.0 Å². The van der Waals surface area contributed by atoms with Gasteiger partial charge in [-0.3, -0.25) is 9.59 Å². The number of halogens is 1. The Morgan fingerprint density at radius 1 is 0.839 bits per heavy atom. The van der Waals surface area contributed by atoms with Crippen molar-refractivity contribution in [3.05, 3.63) is 95.8 Å². The first-order valence-corrected chi connectivity index (χ1v) is 10.2. The maximum absolute atomic E-state index is 13.2. The summed E-state index contributed by atoms with van der Waals surface area (Å²) >= 11 is 0. The van der Waals surface area contributed by atoms with Crippen LogP contribution in [-0.2, 0) is 4.79 Å². The summed E-state index contributed by atoms with van der Waals surface area (Å²) in [5.74, 6) is -0.675. The Morgan fingerprint density at radius 2 is 1.48 bits per heavy atom. The summed E-state index contributed by atoms with van der Waals surface area (Å²) < 4.78 is 13.2. The van der Waals surface area contributed by atoms with E-state index in [1.54, 1.807) is 48.5 Å². The summed E-state index contributed by atoms with van der Waals surface area (Å²) in [6, 6.07) is 22.1. The molecule has 0 unspecified atom stereocenters. The van der Waals surface area contributed by atoms with E-state index in [0.717, 1.165) is 5.56 Å². The molecule has 0 spiro atoms. The van der Waals surface area contributed by atoms with Gasteiger partial charge in [0.1, 0.15) is 5.82 Å². The molecule has 0 aliphatic rings. The number of anilines is 2. The fourth-order valence-corrected chi connectivity index (χ4v) is 3.32. The second kappa shape index (κ2) is 10.5. The zero-order valence-electron chi connectivity index (χ0n) is 17.6. The van der Waals surface area contributed by atoms with Crippen LogP contribution in [0.25, 0.3) is 0 Å². The molecule has 5 nitrogen and oxygen atoms in total. The van der Waals surface area contributed by atoms with E-state index in [4.69, 9.17) is 0 Å². The van der Waals surface area contributed by atoms with Crippen LogP contribution in [0.5, 0.6) is 0 Å². The monoisotopic (exact) mass is 419 g/mol. The molecule has 0 aliphatic heterocycles. The van der Waals surface area contributed by atoms with Crippen LogP contribution in [0.2, 0.25) is 0 Å². The van der Waals surface area contributed by atoms with Gasteiger partial charge in [-0.2, -0.15) is 0 Å². The molecule has 0 fully saturated rings. The molecule has 0 saturated carbocycles. The van der Waals surface area contributed by atoms with Crippen LogP contribution >= 0.6 is 0 Å². The van der Waals surface area contributed by atoms with Crippen molar-refractivity contribution in [3.63, 3.8) is 0 Å². The summed E-state index contributed by atoms with van der Waals surface area (Å²) in [5.41, 5.74) is 2.39. The Bertz CT molecular complexity index is 1020. The van der Waals surface area contributed by atoms with E-state index in [9.17, 15) is 14.0 Å². The Morgan fingerprint density at radius 3 is 2.16 bits per heavy atom. The van der Waals surface area contributed by atoms with Gasteiger partial charge in [0.15, 0.2) is 0 Å². The lowest BCUT2D eigenvalue weighted by Crippen LogP contribution is -2.34. The average molecular weight is 420 g/mol. The third kappa shape index (κ3) is 6.23. The molecule has 0 saturated heterocycles. The van der Waals surface area contributed by atoms with Crippen molar-refractivity contribution in [2.75, 3.05) is 17.2 Å². The zero-order chi connectivity index (χ0) is 22.2. The van der Waals surface area contributed by atoms with Gasteiger partial charge in [-0.1, -0.05) is 56.3 Å². The van der Waals surface area contributed by atoms with Crippen molar-refractivity contribution >= 4 is 23.2 Å². The van der Waals surface area contributed by atoms with Crippen LogP contribution in [0.15, 0.2) is 78.9 Å². The molecule has 160 valence electrons. The molecule has 0 aromatic heterocycles. The minimum absolute atomic E-state index is 0.0505. The molecule has 1 atom stereocenters. The van der Waals surface area contributed by atoms with Crippen molar-refractivity contribution < 1.29 is 14.0 Å². The summed E-state index contributed by atoms with van der Waals surface area (Å²) in [4.78, 5) is 25.3. The lowest BCUT2D eigenvalue weighted by Gasteiger charge is -2.23. The highest BCUT2D eigenvalue weighted by Crippen LogP contribution is 2.22. The predicted octanol–water partition coefficient (Wildman–Crippen LogP) is 5.00. The fourth-order valence-electron chi connectivity index (χ4n) is 3.32. The number of amides is 2. The standard InChI is InChI=1S/C25H26FN3O2/c1-17(2)24(18-12-14-19(26)15-13-18)27-16-23(30)29-22-11-7-6-10-21(22)25(31)28-20-8-4-3-5-9-20/h3-15,17,24,27H,16H2,1-2H3,(H,28,31)(H,29,30)/t24-/m0/s1. The van der Waals surface area contributed by atoms with Gasteiger partial charge in [0.05, 0.1) is 17.8 Å². The summed E-state index contributed by atoms with van der Waals surface area (Å²) in [6.07, 6.45) is 0. The van der Waals surface area contributed by atoms with Crippen molar-refractivity contribution in [2.45, 2.75) is 19.9 Å². The second-order valence-electron chi connectivity index (χ2n) is 7.57. The van der Waals surface area contributed by atoms with Crippen LogP contribution in [0.1, 0.15) is 35.8 Å². The van der Waals surface area contributed by atoms with Crippen LogP contribution < -0.4 is 16.0 Å². The molecule has 31 heavy (non-hydrogen) atoms. The maximum Gasteiger partial charge on any atom is 0.257 e.